The fourth-order valence-electron chi connectivity index (χ4n) is 1.61. The normalized spacial score (nSPS) is 15.9. The van der Waals surface area contributed by atoms with Gasteiger partial charge in [0, 0.05) is 12.1 Å². The molecule has 2 heteroatoms. The van der Waals surface area contributed by atoms with E-state index in [1.165, 1.54) is 19.3 Å². The van der Waals surface area contributed by atoms with Crippen molar-refractivity contribution in [1.82, 2.24) is 5.32 Å². The molecule has 0 aromatic rings. The van der Waals surface area contributed by atoms with E-state index in [2.05, 4.69) is 33.0 Å². The lowest BCUT2D eigenvalue weighted by atomic mass is 10.0. The molecule has 0 heterocycles. The van der Waals surface area contributed by atoms with Crippen LogP contribution in [0.15, 0.2) is 0 Å². The van der Waals surface area contributed by atoms with Crippen LogP contribution in [0.3, 0.4) is 0 Å². The minimum absolute atomic E-state index is 0.250. The van der Waals surface area contributed by atoms with Gasteiger partial charge in [-0.05, 0) is 18.8 Å². The molecule has 2 N–H and O–H groups in total. The van der Waals surface area contributed by atoms with Gasteiger partial charge in [-0.3, -0.25) is 0 Å². The standard InChI is InChI=1S/C12H27NO/c1-5-7-8-11(6-2)13-12(9-14)10(3)4/h10-14H,5-9H2,1-4H3. The van der Waals surface area contributed by atoms with Crippen molar-refractivity contribution in [2.75, 3.05) is 6.61 Å². The third-order valence-electron chi connectivity index (χ3n) is 2.85. The first-order valence-electron chi connectivity index (χ1n) is 6.02. The van der Waals surface area contributed by atoms with E-state index in [1.807, 2.05) is 0 Å². The van der Waals surface area contributed by atoms with Gasteiger partial charge < -0.3 is 10.4 Å². The van der Waals surface area contributed by atoms with Crippen LogP contribution in [0.5, 0.6) is 0 Å². The van der Waals surface area contributed by atoms with Crippen molar-refractivity contribution in [1.29, 1.82) is 0 Å². The molecule has 0 spiro atoms. The fourth-order valence-corrected chi connectivity index (χ4v) is 1.61. The number of unbranched alkanes of at least 4 members (excludes halogenated alkanes) is 1. The highest BCUT2D eigenvalue weighted by atomic mass is 16.3. The van der Waals surface area contributed by atoms with Gasteiger partial charge >= 0.3 is 0 Å². The van der Waals surface area contributed by atoms with Crippen LogP contribution in [-0.2, 0) is 0 Å². The molecule has 0 aliphatic heterocycles. The Bertz CT molecular complexity index is 125. The van der Waals surface area contributed by atoms with E-state index in [1.54, 1.807) is 0 Å². The number of rotatable bonds is 8. The molecule has 0 amide bonds. The highest BCUT2D eigenvalue weighted by molar-refractivity contribution is 4.75. The van der Waals surface area contributed by atoms with Crippen molar-refractivity contribution < 1.29 is 5.11 Å². The van der Waals surface area contributed by atoms with Crippen LogP contribution in [-0.4, -0.2) is 23.8 Å². The Balaban J connectivity index is 3.87. The number of nitrogens with one attached hydrogen (secondary N) is 1. The van der Waals surface area contributed by atoms with E-state index in [0.29, 0.717) is 12.0 Å². The van der Waals surface area contributed by atoms with Crippen molar-refractivity contribution in [2.24, 2.45) is 5.92 Å². The molecule has 0 radical (unpaired) electrons. The van der Waals surface area contributed by atoms with Crippen LogP contribution in [0, 0.1) is 5.92 Å². The first kappa shape index (κ1) is 13.9. The van der Waals surface area contributed by atoms with Gasteiger partial charge in [0.05, 0.1) is 6.61 Å². The van der Waals surface area contributed by atoms with Crippen molar-refractivity contribution in [3.05, 3.63) is 0 Å². The molecule has 14 heavy (non-hydrogen) atoms. The topological polar surface area (TPSA) is 32.3 Å². The first-order valence-corrected chi connectivity index (χ1v) is 6.02. The van der Waals surface area contributed by atoms with Gasteiger partial charge in [-0.25, -0.2) is 0 Å². The molecule has 0 fully saturated rings. The third kappa shape index (κ3) is 5.61. The average Bonchev–Trinajstić information content (AvgIpc) is 2.18. The Kier molecular flexibility index (Phi) is 8.20. The lowest BCUT2D eigenvalue weighted by Crippen LogP contribution is -2.43. The molecule has 0 rings (SSSR count). The molecule has 2 nitrogen and oxygen atoms in total. The summed E-state index contributed by atoms with van der Waals surface area (Å²) in [5.41, 5.74) is 0. The molecule has 0 saturated carbocycles. The van der Waals surface area contributed by atoms with E-state index in [-0.39, 0.29) is 12.6 Å². The molecule has 0 saturated heterocycles. The third-order valence-corrected chi connectivity index (χ3v) is 2.85. The van der Waals surface area contributed by atoms with E-state index >= 15 is 0 Å². The molecule has 2 atom stereocenters. The van der Waals surface area contributed by atoms with Crippen LogP contribution in [0.4, 0.5) is 0 Å². The van der Waals surface area contributed by atoms with Crippen molar-refractivity contribution in [3.63, 3.8) is 0 Å². The molecular formula is C12H27NO. The molecule has 0 aromatic heterocycles. The van der Waals surface area contributed by atoms with Crippen molar-refractivity contribution >= 4 is 0 Å². The van der Waals surface area contributed by atoms with Gasteiger partial charge in [-0.15, -0.1) is 0 Å². The first-order chi connectivity index (χ1) is 6.65. The Labute approximate surface area is 89.1 Å². The largest absolute Gasteiger partial charge is 0.395 e. The van der Waals surface area contributed by atoms with Gasteiger partial charge in [0.2, 0.25) is 0 Å². The number of hydrogen-bond donors (Lipinski definition) is 2. The second-order valence-corrected chi connectivity index (χ2v) is 4.45. The van der Waals surface area contributed by atoms with Gasteiger partial charge in [-0.2, -0.15) is 0 Å². The van der Waals surface area contributed by atoms with Gasteiger partial charge in [-0.1, -0.05) is 40.5 Å². The molecule has 2 unspecified atom stereocenters. The number of aliphatic hydroxyl groups excluding tert-OH is 1. The summed E-state index contributed by atoms with van der Waals surface area (Å²) in [5, 5.41) is 12.7. The zero-order chi connectivity index (χ0) is 11.0. The quantitative estimate of drug-likeness (QED) is 0.632. The second-order valence-electron chi connectivity index (χ2n) is 4.45. The summed E-state index contributed by atoms with van der Waals surface area (Å²) in [6.45, 7) is 8.99. The molecule has 0 aliphatic rings. The van der Waals surface area contributed by atoms with Crippen molar-refractivity contribution in [3.8, 4) is 0 Å². The highest BCUT2D eigenvalue weighted by Gasteiger charge is 2.15. The smallest absolute Gasteiger partial charge is 0.0587 e. The summed E-state index contributed by atoms with van der Waals surface area (Å²) < 4.78 is 0. The molecule has 0 bridgehead atoms. The maximum Gasteiger partial charge on any atom is 0.0587 e. The van der Waals surface area contributed by atoms with Crippen LogP contribution in [0.2, 0.25) is 0 Å². The average molecular weight is 201 g/mol. The second kappa shape index (κ2) is 8.25. The van der Waals surface area contributed by atoms with Crippen LogP contribution in [0.25, 0.3) is 0 Å². The van der Waals surface area contributed by atoms with Crippen LogP contribution < -0.4 is 5.32 Å². The Morgan fingerprint density at radius 1 is 1.21 bits per heavy atom. The number of hydrogen-bond acceptors (Lipinski definition) is 2. The summed E-state index contributed by atoms with van der Waals surface area (Å²) in [6, 6.07) is 0.839. The maximum atomic E-state index is 9.20. The van der Waals surface area contributed by atoms with Gasteiger partial charge in [0.15, 0.2) is 0 Å². The minimum Gasteiger partial charge on any atom is -0.395 e. The fraction of sp³-hybridized carbons (Fsp3) is 1.00. The van der Waals surface area contributed by atoms with E-state index in [4.69, 9.17) is 0 Å². The summed E-state index contributed by atoms with van der Waals surface area (Å²) in [6.07, 6.45) is 4.92. The summed E-state index contributed by atoms with van der Waals surface area (Å²) in [5.74, 6) is 0.510. The molecule has 0 aliphatic carbocycles. The predicted octanol–water partition coefficient (Wildman–Crippen LogP) is 2.56. The highest BCUT2D eigenvalue weighted by Crippen LogP contribution is 2.08. The summed E-state index contributed by atoms with van der Waals surface area (Å²) >= 11 is 0. The zero-order valence-electron chi connectivity index (χ0n) is 10.2. The minimum atomic E-state index is 0.250. The molecule has 0 aromatic carbocycles. The lowest BCUT2D eigenvalue weighted by molar-refractivity contribution is 0.194. The Hall–Kier alpha value is -0.0800. The molecular weight excluding hydrogens is 174 g/mol. The Morgan fingerprint density at radius 2 is 1.86 bits per heavy atom. The molecule has 86 valence electrons. The van der Waals surface area contributed by atoms with Gasteiger partial charge in [0.25, 0.3) is 0 Å². The van der Waals surface area contributed by atoms with Crippen molar-refractivity contribution in [2.45, 2.75) is 65.5 Å². The Morgan fingerprint density at radius 3 is 2.21 bits per heavy atom. The number of aliphatic hydroxyl groups is 1. The van der Waals surface area contributed by atoms with E-state index < -0.39 is 0 Å². The summed E-state index contributed by atoms with van der Waals surface area (Å²) in [7, 11) is 0. The SMILES string of the molecule is CCCCC(CC)NC(CO)C(C)C. The predicted molar refractivity (Wildman–Crippen MR) is 62.5 cm³/mol. The summed E-state index contributed by atoms with van der Waals surface area (Å²) in [4.78, 5) is 0. The van der Waals surface area contributed by atoms with Crippen LogP contribution >= 0.6 is 0 Å². The van der Waals surface area contributed by atoms with E-state index in [9.17, 15) is 5.11 Å². The maximum absolute atomic E-state index is 9.20. The zero-order valence-corrected chi connectivity index (χ0v) is 10.2. The lowest BCUT2D eigenvalue weighted by Gasteiger charge is -2.26. The monoisotopic (exact) mass is 201 g/mol. The van der Waals surface area contributed by atoms with E-state index in [0.717, 1.165) is 6.42 Å². The van der Waals surface area contributed by atoms with Crippen LogP contribution in [0.1, 0.15) is 53.4 Å². The van der Waals surface area contributed by atoms with Gasteiger partial charge in [0.1, 0.15) is 0 Å².